The van der Waals surface area contributed by atoms with Gasteiger partial charge < -0.3 is 10.6 Å². The fourth-order valence-corrected chi connectivity index (χ4v) is 2.29. The normalized spacial score (nSPS) is 11.9. The van der Waals surface area contributed by atoms with Crippen molar-refractivity contribution in [1.29, 1.82) is 0 Å². The van der Waals surface area contributed by atoms with E-state index in [-0.39, 0.29) is 11.7 Å². The molecule has 0 saturated heterocycles. The van der Waals surface area contributed by atoms with E-state index < -0.39 is 17.7 Å². The second kappa shape index (κ2) is 5.79. The Kier molecular flexibility index (Phi) is 4.11. The Labute approximate surface area is 113 Å². The van der Waals surface area contributed by atoms with E-state index >= 15 is 0 Å². The van der Waals surface area contributed by atoms with Crippen LogP contribution in [0.5, 0.6) is 0 Å². The van der Waals surface area contributed by atoms with Crippen molar-refractivity contribution >= 4 is 23.1 Å². The molecule has 2 N–H and O–H groups in total. The number of nitrogens with one attached hydrogen (secondary N) is 2. The second-order valence-corrected chi connectivity index (χ2v) is 4.94. The zero-order valence-electron chi connectivity index (χ0n) is 10.1. The lowest BCUT2D eigenvalue weighted by Gasteiger charge is -2.13. The molecule has 0 aliphatic rings. The minimum absolute atomic E-state index is 0.0581. The largest absolute Gasteiger partial charge is 0.331 e. The summed E-state index contributed by atoms with van der Waals surface area (Å²) < 4.78 is 26.1. The minimum Gasteiger partial charge on any atom is -0.331 e. The van der Waals surface area contributed by atoms with Crippen molar-refractivity contribution in [2.24, 2.45) is 0 Å². The molecule has 1 unspecified atom stereocenters. The van der Waals surface area contributed by atoms with Crippen LogP contribution in [0.2, 0.25) is 0 Å². The van der Waals surface area contributed by atoms with Crippen LogP contribution in [0.15, 0.2) is 35.7 Å². The van der Waals surface area contributed by atoms with E-state index in [1.54, 1.807) is 0 Å². The molecule has 1 aromatic heterocycles. The molecule has 19 heavy (non-hydrogen) atoms. The average Bonchev–Trinajstić information content (AvgIpc) is 2.86. The lowest BCUT2D eigenvalue weighted by molar-refractivity contribution is 0.249. The van der Waals surface area contributed by atoms with Gasteiger partial charge in [0.15, 0.2) is 0 Å². The first kappa shape index (κ1) is 13.5. The van der Waals surface area contributed by atoms with Gasteiger partial charge in [0, 0.05) is 10.9 Å². The molecule has 0 radical (unpaired) electrons. The van der Waals surface area contributed by atoms with E-state index in [1.165, 1.54) is 17.4 Å². The van der Waals surface area contributed by atoms with Crippen LogP contribution in [0.4, 0.5) is 19.3 Å². The lowest BCUT2D eigenvalue weighted by Crippen LogP contribution is -2.31. The maximum absolute atomic E-state index is 13.3. The van der Waals surface area contributed by atoms with Crippen LogP contribution >= 0.6 is 11.3 Å². The summed E-state index contributed by atoms with van der Waals surface area (Å²) in [5.74, 6) is -1.49. The fourth-order valence-electron chi connectivity index (χ4n) is 1.55. The zero-order chi connectivity index (χ0) is 13.8. The fraction of sp³-hybridized carbons (Fsp3) is 0.154. The minimum atomic E-state index is -0.807. The zero-order valence-corrected chi connectivity index (χ0v) is 10.9. The molecule has 0 spiro atoms. The number of amides is 2. The van der Waals surface area contributed by atoms with Gasteiger partial charge in [-0.25, -0.2) is 13.6 Å². The standard InChI is InChI=1S/C13H12F2N2OS/c1-8(12-3-2-6-19-12)16-13(18)17-11-5-4-9(14)7-10(11)15/h2-8H,1H3,(H2,16,17,18). The Morgan fingerprint density at radius 3 is 2.74 bits per heavy atom. The first-order valence-corrected chi connectivity index (χ1v) is 6.50. The molecule has 0 saturated carbocycles. The molecule has 100 valence electrons. The monoisotopic (exact) mass is 282 g/mol. The summed E-state index contributed by atoms with van der Waals surface area (Å²) in [4.78, 5) is 12.7. The topological polar surface area (TPSA) is 41.1 Å². The number of carbonyl (C=O) groups excluding carboxylic acids is 1. The molecule has 2 aromatic rings. The summed E-state index contributed by atoms with van der Waals surface area (Å²) in [6, 6.07) is 6.05. The molecule has 2 rings (SSSR count). The average molecular weight is 282 g/mol. The van der Waals surface area contributed by atoms with Crippen molar-refractivity contribution in [2.45, 2.75) is 13.0 Å². The van der Waals surface area contributed by atoms with Crippen molar-refractivity contribution in [3.05, 3.63) is 52.2 Å². The molecule has 0 bridgehead atoms. The van der Waals surface area contributed by atoms with Gasteiger partial charge in [0.1, 0.15) is 11.6 Å². The molecule has 3 nitrogen and oxygen atoms in total. The van der Waals surface area contributed by atoms with Gasteiger partial charge in [-0.2, -0.15) is 0 Å². The third kappa shape index (κ3) is 3.51. The Morgan fingerprint density at radius 1 is 1.32 bits per heavy atom. The van der Waals surface area contributed by atoms with E-state index in [0.29, 0.717) is 0 Å². The highest BCUT2D eigenvalue weighted by molar-refractivity contribution is 7.10. The van der Waals surface area contributed by atoms with Crippen molar-refractivity contribution in [3.8, 4) is 0 Å². The van der Waals surface area contributed by atoms with Crippen molar-refractivity contribution < 1.29 is 13.6 Å². The van der Waals surface area contributed by atoms with E-state index in [9.17, 15) is 13.6 Å². The number of rotatable bonds is 3. The van der Waals surface area contributed by atoms with Gasteiger partial charge in [0.25, 0.3) is 0 Å². The number of carbonyl (C=O) groups is 1. The molecular weight excluding hydrogens is 270 g/mol. The highest BCUT2D eigenvalue weighted by Gasteiger charge is 2.12. The van der Waals surface area contributed by atoms with Crippen LogP contribution in [-0.2, 0) is 0 Å². The van der Waals surface area contributed by atoms with Gasteiger partial charge in [-0.15, -0.1) is 11.3 Å². The first-order valence-electron chi connectivity index (χ1n) is 5.62. The third-order valence-electron chi connectivity index (χ3n) is 2.50. The molecule has 1 heterocycles. The van der Waals surface area contributed by atoms with Gasteiger partial charge in [-0.05, 0) is 30.5 Å². The Balaban J connectivity index is 1.98. The van der Waals surface area contributed by atoms with Crippen molar-refractivity contribution in [3.63, 3.8) is 0 Å². The van der Waals surface area contributed by atoms with Gasteiger partial charge in [-0.3, -0.25) is 0 Å². The smallest absolute Gasteiger partial charge is 0.319 e. The first-order chi connectivity index (χ1) is 9.06. The van der Waals surface area contributed by atoms with Crippen molar-refractivity contribution in [1.82, 2.24) is 5.32 Å². The number of hydrogen-bond acceptors (Lipinski definition) is 2. The lowest BCUT2D eigenvalue weighted by atomic mass is 10.3. The van der Waals surface area contributed by atoms with Gasteiger partial charge in [0.2, 0.25) is 0 Å². The Bertz CT molecular complexity index is 572. The summed E-state index contributed by atoms with van der Waals surface area (Å²) in [7, 11) is 0. The Morgan fingerprint density at radius 2 is 2.11 bits per heavy atom. The van der Waals surface area contributed by atoms with Gasteiger partial charge in [-0.1, -0.05) is 6.07 Å². The maximum atomic E-state index is 13.3. The summed E-state index contributed by atoms with van der Waals surface area (Å²) in [5.41, 5.74) is -0.0581. The molecule has 0 aliphatic heterocycles. The third-order valence-corrected chi connectivity index (χ3v) is 3.55. The molecule has 1 atom stereocenters. The molecule has 1 aromatic carbocycles. The van der Waals surface area contributed by atoms with E-state index in [4.69, 9.17) is 0 Å². The Hall–Kier alpha value is -1.95. The summed E-state index contributed by atoms with van der Waals surface area (Å²) in [6.07, 6.45) is 0. The number of thiophene rings is 1. The van der Waals surface area contributed by atoms with Crippen LogP contribution in [0, 0.1) is 11.6 Å². The van der Waals surface area contributed by atoms with Gasteiger partial charge in [0.05, 0.1) is 11.7 Å². The van der Waals surface area contributed by atoms with Crippen LogP contribution < -0.4 is 10.6 Å². The highest BCUT2D eigenvalue weighted by atomic mass is 32.1. The highest BCUT2D eigenvalue weighted by Crippen LogP contribution is 2.19. The van der Waals surface area contributed by atoms with E-state index in [0.717, 1.165) is 17.0 Å². The van der Waals surface area contributed by atoms with Crippen LogP contribution in [0.1, 0.15) is 17.8 Å². The number of anilines is 1. The second-order valence-electron chi connectivity index (χ2n) is 3.96. The number of benzene rings is 1. The number of halogens is 2. The summed E-state index contributed by atoms with van der Waals surface area (Å²) in [5, 5.41) is 6.92. The quantitative estimate of drug-likeness (QED) is 0.880. The molecule has 0 aliphatic carbocycles. The molecular formula is C13H12F2N2OS. The number of urea groups is 1. The maximum Gasteiger partial charge on any atom is 0.319 e. The predicted octanol–water partition coefficient (Wildman–Crippen LogP) is 3.91. The van der Waals surface area contributed by atoms with Crippen LogP contribution in [0.3, 0.4) is 0 Å². The van der Waals surface area contributed by atoms with Crippen molar-refractivity contribution in [2.75, 3.05) is 5.32 Å². The van der Waals surface area contributed by atoms with Crippen LogP contribution in [-0.4, -0.2) is 6.03 Å². The van der Waals surface area contributed by atoms with Crippen LogP contribution in [0.25, 0.3) is 0 Å². The number of hydrogen-bond donors (Lipinski definition) is 2. The molecule has 0 fully saturated rings. The summed E-state index contributed by atoms with van der Waals surface area (Å²) in [6.45, 7) is 1.83. The SMILES string of the molecule is CC(NC(=O)Nc1ccc(F)cc1F)c1cccs1. The van der Waals surface area contributed by atoms with E-state index in [1.807, 2.05) is 24.4 Å². The molecule has 2 amide bonds. The molecule has 6 heteroatoms. The van der Waals surface area contributed by atoms with Gasteiger partial charge >= 0.3 is 6.03 Å². The predicted molar refractivity (Wildman–Crippen MR) is 71.2 cm³/mol. The summed E-state index contributed by atoms with van der Waals surface area (Å²) >= 11 is 1.52. The van der Waals surface area contributed by atoms with E-state index in [2.05, 4.69) is 10.6 Å².